The highest BCUT2D eigenvalue weighted by Gasteiger charge is 2.37. The van der Waals surface area contributed by atoms with Crippen molar-refractivity contribution in [1.82, 2.24) is 77.3 Å². The van der Waals surface area contributed by atoms with E-state index in [-0.39, 0.29) is 77.3 Å². The molecule has 0 bridgehead atoms. The molecule has 6 amide bonds. The van der Waals surface area contributed by atoms with E-state index in [1.165, 1.54) is 22.9 Å². The Kier molecular flexibility index (Phi) is 28.2. The number of hydrogen-bond donors (Lipinski definition) is 6. The van der Waals surface area contributed by atoms with Gasteiger partial charge in [0.15, 0.2) is 29.1 Å². The summed E-state index contributed by atoms with van der Waals surface area (Å²) in [5.41, 5.74) is 17.3. The second-order valence-corrected chi connectivity index (χ2v) is 41.0. The Bertz CT molecular complexity index is 6890. The van der Waals surface area contributed by atoms with E-state index in [1.54, 1.807) is 30.0 Å². The van der Waals surface area contributed by atoms with Crippen molar-refractivity contribution in [3.05, 3.63) is 246 Å². The number of carbonyl (C=O) groups is 7. The fourth-order valence-electron chi connectivity index (χ4n) is 17.3. The van der Waals surface area contributed by atoms with Crippen LogP contribution in [0.15, 0.2) is 224 Å². The maximum Gasteiger partial charge on any atom is 0.410 e. The van der Waals surface area contributed by atoms with Gasteiger partial charge in [-0.25, -0.2) is 35.8 Å². The van der Waals surface area contributed by atoms with E-state index in [0.29, 0.717) is 66.9 Å². The van der Waals surface area contributed by atoms with Crippen molar-refractivity contribution in [3.63, 3.8) is 0 Å². The van der Waals surface area contributed by atoms with Crippen LogP contribution in [0.2, 0.25) is 0 Å². The number of aromatic nitrogens is 10. The number of pyridine rings is 5. The van der Waals surface area contributed by atoms with Crippen LogP contribution in [0.25, 0.3) is 72.1 Å². The molecule has 3 aliphatic heterocycles. The third-order valence-corrected chi connectivity index (χ3v) is 28.0. The van der Waals surface area contributed by atoms with Crippen molar-refractivity contribution < 1.29 is 46.7 Å². The van der Waals surface area contributed by atoms with Crippen LogP contribution in [-0.4, -0.2) is 211 Å². The summed E-state index contributed by atoms with van der Waals surface area (Å²) in [7, 11) is -3.14. The topological polar surface area (TPSA) is 338 Å². The highest BCUT2D eigenvalue weighted by atomic mass is 79.9. The number of hydrogen-bond acceptors (Lipinski definition) is 19. The first kappa shape index (κ1) is 94.2. The molecule has 137 heavy (non-hydrogen) atoms. The summed E-state index contributed by atoms with van der Waals surface area (Å²) in [5.74, 6) is 4.11. The van der Waals surface area contributed by atoms with Gasteiger partial charge in [0.2, 0.25) is 39.6 Å². The van der Waals surface area contributed by atoms with Gasteiger partial charge in [-0.1, -0.05) is 121 Å². The van der Waals surface area contributed by atoms with Gasteiger partial charge in [-0.05, 0) is 197 Å². The lowest BCUT2D eigenvalue weighted by Gasteiger charge is -2.40. The van der Waals surface area contributed by atoms with Crippen LogP contribution in [0.3, 0.4) is 0 Å². The van der Waals surface area contributed by atoms with Crippen LogP contribution in [0.5, 0.6) is 0 Å². The van der Waals surface area contributed by atoms with E-state index in [9.17, 15) is 42.0 Å². The first-order valence-electron chi connectivity index (χ1n) is 47.4. The molecule has 0 unspecified atom stereocenters. The standard InChI is InChI=1S/C28H35N5O3.C24H29N5O3S.C23H27N5O.C18H15N3O2.C11H10BrN3O/c1-19-17-32(27(35)36-28(2,3)4)15-14-31(19)18-20-7-9-21(10-8-20)23-6-5-13-33-24(23)16-25(30-33)29-26(34)22-11-12-22;1-17-15-28(33(2,31)32)13-12-27(17)16-18-5-7-19(8-6-18)21-4-3-11-29-22(21)14-23(26-29)25-24(30)20-9-10-20;1-16-14-24-10-12-27(16)15-17-4-6-18(7-5-17)20-3-2-11-28-21(20)13-22(26-28)25-23(29)19-8-9-19;22-11-12-3-5-13(6-4-12)15-2-1-9-21-16(15)10-17(20-21)19-18(23)14-7-8-14;12-8-2-1-5-15-9(8)6-10(14-15)13-11(16)7-3-4-7/h5-10,13,16,19,22H,11-12,14-15,17-18H2,1-4H3,(H,29,30,34);3-8,11,14,17,20H,9-10,12-13,15-16H2,1-2H3,(H,25,26,30);2-7,11,13,16,19,24H,8-10,12,14-15H2,1H3,(H,25,26,29);1-6,9-11,14H,7-8H2,(H,19,20,23);1-2,5-7H,3-4H2,(H,13,14,16)/t19-;17-;16-;;/m111../s1. The quantitative estimate of drug-likeness (QED) is 0.0343. The van der Waals surface area contributed by atoms with Gasteiger partial charge in [0.25, 0.3) is 0 Å². The van der Waals surface area contributed by atoms with E-state index in [1.807, 2.05) is 151 Å². The van der Waals surface area contributed by atoms with Crippen molar-refractivity contribution in [2.45, 2.75) is 149 Å². The van der Waals surface area contributed by atoms with Crippen molar-refractivity contribution in [3.8, 4) is 44.5 Å². The molecule has 10 aromatic heterocycles. The molecule has 3 saturated heterocycles. The lowest BCUT2D eigenvalue weighted by Crippen LogP contribution is -2.54. The largest absolute Gasteiger partial charge is 0.444 e. The van der Waals surface area contributed by atoms with Gasteiger partial charge in [-0.2, -0.15) is 24.7 Å². The molecule has 14 aromatic rings. The summed E-state index contributed by atoms with van der Waals surface area (Å²) < 4.78 is 40.7. The van der Waals surface area contributed by atoms with Gasteiger partial charge in [0.05, 0.1) is 33.8 Å². The molecule has 8 fully saturated rings. The van der Waals surface area contributed by atoms with Gasteiger partial charge in [-0.3, -0.25) is 43.5 Å². The van der Waals surface area contributed by atoms with Gasteiger partial charge in [0, 0.05) is 220 Å². The number of benzene rings is 4. The van der Waals surface area contributed by atoms with Gasteiger partial charge in [-0.15, -0.1) is 5.10 Å². The normalized spacial score (nSPS) is 18.2. The zero-order valence-corrected chi connectivity index (χ0v) is 80.5. The molecular formula is C104H116BrN21O10S. The first-order chi connectivity index (χ1) is 66.1. The number of amides is 6. The van der Waals surface area contributed by atoms with E-state index < -0.39 is 15.6 Å². The predicted molar refractivity (Wildman–Crippen MR) is 534 cm³/mol. The molecule has 0 spiro atoms. The molecule has 3 atom stereocenters. The third-order valence-electron chi connectivity index (χ3n) is 26.0. The number of halogens is 1. The lowest BCUT2D eigenvalue weighted by molar-refractivity contribution is -0.118. The van der Waals surface area contributed by atoms with Gasteiger partial charge in [0.1, 0.15) is 11.9 Å². The number of anilines is 5. The number of sulfonamides is 1. The van der Waals surface area contributed by atoms with Crippen LogP contribution in [-0.2, 0) is 58.4 Å². The molecule has 710 valence electrons. The fraction of sp³-hybridized carbons (Fsp3) is 0.365. The monoisotopic (exact) mass is 1930 g/mol. The summed E-state index contributed by atoms with van der Waals surface area (Å²) in [6, 6.07) is 63.8. The lowest BCUT2D eigenvalue weighted by atomic mass is 10.0. The Morgan fingerprint density at radius 1 is 0.409 bits per heavy atom. The Morgan fingerprint density at radius 2 is 0.715 bits per heavy atom. The highest BCUT2D eigenvalue weighted by Crippen LogP contribution is 2.38. The smallest absolute Gasteiger partial charge is 0.410 e. The number of nitrogens with zero attached hydrogens (tertiary/aromatic N) is 15. The number of piperazine rings is 3. The van der Waals surface area contributed by atoms with Crippen LogP contribution in [0.1, 0.15) is 133 Å². The zero-order valence-electron chi connectivity index (χ0n) is 78.1. The minimum absolute atomic E-state index is 0.0466. The number of rotatable bonds is 22. The number of aldehydes is 1. The number of carbonyl (C=O) groups excluding carboxylic acids is 7. The van der Waals surface area contributed by atoms with Crippen LogP contribution >= 0.6 is 15.9 Å². The molecule has 5 saturated carbocycles. The average molecular weight is 1930 g/mol. The summed E-state index contributed by atoms with van der Waals surface area (Å²) >= 11 is 3.44. The van der Waals surface area contributed by atoms with E-state index in [4.69, 9.17) is 4.74 Å². The molecule has 33 heteroatoms. The molecular weight excluding hydrogens is 1820 g/mol. The molecule has 6 N–H and O–H groups in total. The van der Waals surface area contributed by atoms with Crippen molar-refractivity contribution >= 4 is 125 Å². The molecule has 5 aliphatic carbocycles. The van der Waals surface area contributed by atoms with E-state index >= 15 is 0 Å². The Hall–Kier alpha value is -13.2. The van der Waals surface area contributed by atoms with Crippen LogP contribution in [0, 0.1) is 29.6 Å². The van der Waals surface area contributed by atoms with E-state index in [2.05, 4.69) is 200 Å². The summed E-state index contributed by atoms with van der Waals surface area (Å²) in [6.07, 6.45) is 21.1. The zero-order chi connectivity index (χ0) is 95.3. The minimum Gasteiger partial charge on any atom is -0.444 e. The van der Waals surface area contributed by atoms with Crippen LogP contribution < -0.4 is 31.9 Å². The Balaban J connectivity index is 0.000000116. The fourth-order valence-corrected chi connectivity index (χ4v) is 18.7. The molecule has 4 aromatic carbocycles. The Morgan fingerprint density at radius 3 is 1.01 bits per heavy atom. The molecule has 0 radical (unpaired) electrons. The van der Waals surface area contributed by atoms with Crippen molar-refractivity contribution in [1.29, 1.82) is 0 Å². The van der Waals surface area contributed by atoms with Gasteiger partial charge >= 0.3 is 6.09 Å². The summed E-state index contributed by atoms with van der Waals surface area (Å²) in [4.78, 5) is 92.0. The molecule has 13 heterocycles. The molecule has 8 aliphatic rings. The second-order valence-electron chi connectivity index (χ2n) is 38.2. The highest BCUT2D eigenvalue weighted by molar-refractivity contribution is 9.10. The number of fused-ring (bicyclic) bond motifs is 5. The SMILES string of the molecule is C[C@@H]1CN(C(=O)OC(C)(C)C)CCN1Cc1ccc(-c2cccn3nc(NC(=O)C4CC4)cc23)cc1.C[C@@H]1CN(S(C)(=O)=O)CCN1Cc1ccc(-c2cccn3nc(NC(=O)C4CC4)cc23)cc1.C[C@@H]1CNCCN1Cc1ccc(-c2cccn3nc(NC(=O)C4CC4)cc23)cc1.O=C(Nc1cc2c(Br)cccn2n1)C1CC1.O=Cc1ccc(-c2cccn3nc(NC(=O)C4CC4)cc23)cc1. The third kappa shape index (κ3) is 23.9. The minimum atomic E-state index is -3.14. The molecule has 31 nitrogen and oxygen atoms in total. The van der Waals surface area contributed by atoms with Crippen molar-refractivity contribution in [2.75, 3.05) is 91.7 Å². The summed E-state index contributed by atoms with van der Waals surface area (Å²) in [5, 5.41) is 40.2. The Labute approximate surface area is 804 Å². The number of ether oxygens (including phenoxy) is 1. The second kappa shape index (κ2) is 41.0. The maximum absolute atomic E-state index is 12.4. The van der Waals surface area contributed by atoms with Crippen molar-refractivity contribution in [2.24, 2.45) is 29.6 Å². The maximum atomic E-state index is 12.4. The average Bonchev–Trinajstić information content (AvgIpc) is 1.65. The van der Waals surface area contributed by atoms with E-state index in [0.717, 1.165) is 199 Å². The first-order valence-corrected chi connectivity index (χ1v) is 50.0. The molecule has 22 rings (SSSR count). The van der Waals surface area contributed by atoms with Crippen LogP contribution in [0.4, 0.5) is 33.9 Å². The van der Waals surface area contributed by atoms with Gasteiger partial charge < -0.3 is 41.5 Å². The summed E-state index contributed by atoms with van der Waals surface area (Å²) in [6.45, 7) is 21.9. The predicted octanol–water partition coefficient (Wildman–Crippen LogP) is 16.4. The number of nitrogens with one attached hydrogen (secondary N) is 6.